The Labute approximate surface area is 130 Å². The summed E-state index contributed by atoms with van der Waals surface area (Å²) < 4.78 is 5.67. The van der Waals surface area contributed by atoms with Crippen molar-refractivity contribution in [2.45, 2.75) is 32.5 Å². The summed E-state index contributed by atoms with van der Waals surface area (Å²) in [6.07, 6.45) is 0.832. The molecule has 0 spiro atoms. The molecule has 3 N–H and O–H groups in total. The van der Waals surface area contributed by atoms with E-state index in [4.69, 9.17) is 10.5 Å². The number of carbonyl (C=O) groups is 2. The van der Waals surface area contributed by atoms with Gasteiger partial charge in [-0.25, -0.2) is 0 Å². The number of hydrogen-bond acceptors (Lipinski definition) is 4. The average Bonchev–Trinajstić information content (AvgIpc) is 2.45. The maximum absolute atomic E-state index is 12.0. The average molecular weight is 305 g/mol. The van der Waals surface area contributed by atoms with Crippen LogP contribution in [0.25, 0.3) is 0 Å². The van der Waals surface area contributed by atoms with Crippen LogP contribution in [0.5, 0.6) is 0 Å². The molecule has 1 fully saturated rings. The highest BCUT2D eigenvalue weighted by Crippen LogP contribution is 2.12. The lowest BCUT2D eigenvalue weighted by atomic mass is 10.2. The van der Waals surface area contributed by atoms with Crippen LogP contribution >= 0.6 is 0 Å². The summed E-state index contributed by atoms with van der Waals surface area (Å²) in [5.41, 5.74) is 6.27. The Morgan fingerprint density at radius 2 is 1.82 bits per heavy atom. The summed E-state index contributed by atoms with van der Waals surface area (Å²) in [7, 11) is 0. The van der Waals surface area contributed by atoms with Crippen molar-refractivity contribution in [1.82, 2.24) is 4.90 Å². The van der Waals surface area contributed by atoms with Gasteiger partial charge in [-0.3, -0.25) is 14.5 Å². The van der Waals surface area contributed by atoms with Crippen LogP contribution < -0.4 is 11.1 Å². The number of benzene rings is 1. The molecule has 6 nitrogen and oxygen atoms in total. The molecule has 22 heavy (non-hydrogen) atoms. The molecule has 1 aliphatic heterocycles. The lowest BCUT2D eigenvalue weighted by Crippen LogP contribution is -2.46. The highest BCUT2D eigenvalue weighted by molar-refractivity contribution is 5.94. The van der Waals surface area contributed by atoms with Crippen molar-refractivity contribution in [3.05, 3.63) is 29.8 Å². The number of ether oxygens (including phenoxy) is 1. The van der Waals surface area contributed by atoms with Gasteiger partial charge in [0.15, 0.2) is 0 Å². The minimum atomic E-state index is -0.478. The third-order valence-electron chi connectivity index (χ3n) is 3.60. The Hall–Kier alpha value is -1.92. The zero-order valence-corrected chi connectivity index (χ0v) is 13.0. The van der Waals surface area contributed by atoms with Crippen molar-refractivity contribution in [2.24, 2.45) is 5.73 Å². The van der Waals surface area contributed by atoms with E-state index in [-0.39, 0.29) is 18.1 Å². The van der Waals surface area contributed by atoms with E-state index in [1.165, 1.54) is 0 Å². The number of hydrogen-bond donors (Lipinski definition) is 2. The first kappa shape index (κ1) is 16.5. The molecule has 2 amide bonds. The molecular formula is C16H23N3O3. The quantitative estimate of drug-likeness (QED) is 0.856. The Bertz CT molecular complexity index is 520. The maximum atomic E-state index is 12.0. The van der Waals surface area contributed by atoms with Gasteiger partial charge in [0.25, 0.3) is 0 Å². The molecule has 0 aromatic heterocycles. The van der Waals surface area contributed by atoms with Gasteiger partial charge >= 0.3 is 0 Å². The van der Waals surface area contributed by atoms with Crippen LogP contribution in [-0.2, 0) is 9.53 Å². The van der Waals surface area contributed by atoms with Gasteiger partial charge < -0.3 is 15.8 Å². The minimum absolute atomic E-state index is 0.0429. The predicted octanol–water partition coefficient (Wildman–Crippen LogP) is 1.22. The van der Waals surface area contributed by atoms with Crippen molar-refractivity contribution in [3.63, 3.8) is 0 Å². The van der Waals surface area contributed by atoms with Crippen LogP contribution in [0.1, 0.15) is 30.6 Å². The van der Waals surface area contributed by atoms with E-state index in [1.54, 1.807) is 24.3 Å². The van der Waals surface area contributed by atoms with Crippen molar-refractivity contribution in [2.75, 3.05) is 25.0 Å². The van der Waals surface area contributed by atoms with Crippen LogP contribution in [0.3, 0.4) is 0 Å². The summed E-state index contributed by atoms with van der Waals surface area (Å²) in [4.78, 5) is 25.2. The Morgan fingerprint density at radius 1 is 1.23 bits per heavy atom. The SMILES string of the molecule is C[C@@H]1CN(CCC(=O)Nc2ccc(C(N)=O)cc2)C[C@@H](C)O1. The highest BCUT2D eigenvalue weighted by Gasteiger charge is 2.22. The molecule has 1 aliphatic rings. The Balaban J connectivity index is 1.79. The molecule has 2 atom stereocenters. The third-order valence-corrected chi connectivity index (χ3v) is 3.60. The van der Waals surface area contributed by atoms with E-state index in [0.717, 1.165) is 13.1 Å². The summed E-state index contributed by atoms with van der Waals surface area (Å²) >= 11 is 0. The van der Waals surface area contributed by atoms with E-state index in [0.29, 0.717) is 24.2 Å². The topological polar surface area (TPSA) is 84.7 Å². The second kappa shape index (κ2) is 7.38. The second-order valence-corrected chi connectivity index (χ2v) is 5.76. The molecule has 1 aromatic carbocycles. The first-order valence-electron chi connectivity index (χ1n) is 7.51. The fourth-order valence-corrected chi connectivity index (χ4v) is 2.67. The van der Waals surface area contributed by atoms with E-state index in [9.17, 15) is 9.59 Å². The van der Waals surface area contributed by atoms with Gasteiger partial charge in [-0.2, -0.15) is 0 Å². The van der Waals surface area contributed by atoms with Crippen LogP contribution in [0.2, 0.25) is 0 Å². The van der Waals surface area contributed by atoms with Crippen molar-refractivity contribution < 1.29 is 14.3 Å². The van der Waals surface area contributed by atoms with Crippen LogP contribution in [-0.4, -0.2) is 48.6 Å². The van der Waals surface area contributed by atoms with Crippen LogP contribution in [0.15, 0.2) is 24.3 Å². The lowest BCUT2D eigenvalue weighted by Gasteiger charge is -2.35. The molecule has 0 unspecified atom stereocenters. The van der Waals surface area contributed by atoms with Gasteiger partial charge in [-0.1, -0.05) is 0 Å². The fourth-order valence-electron chi connectivity index (χ4n) is 2.67. The second-order valence-electron chi connectivity index (χ2n) is 5.76. The summed E-state index contributed by atoms with van der Waals surface area (Å²) in [6.45, 7) is 6.51. The van der Waals surface area contributed by atoms with Crippen molar-refractivity contribution in [3.8, 4) is 0 Å². The third kappa shape index (κ3) is 4.82. The number of primary amides is 1. The monoisotopic (exact) mass is 305 g/mol. The molecule has 1 heterocycles. The lowest BCUT2D eigenvalue weighted by molar-refractivity contribution is -0.117. The Kier molecular flexibility index (Phi) is 5.51. The number of amides is 2. The van der Waals surface area contributed by atoms with Gasteiger partial charge in [-0.05, 0) is 38.1 Å². The van der Waals surface area contributed by atoms with E-state index in [1.807, 2.05) is 13.8 Å². The van der Waals surface area contributed by atoms with Gasteiger partial charge in [0.05, 0.1) is 12.2 Å². The molecular weight excluding hydrogens is 282 g/mol. The normalized spacial score (nSPS) is 22.3. The number of carbonyl (C=O) groups excluding carboxylic acids is 2. The summed E-state index contributed by atoms with van der Waals surface area (Å²) in [6, 6.07) is 6.56. The molecule has 1 aromatic rings. The molecule has 6 heteroatoms. The van der Waals surface area contributed by atoms with Crippen molar-refractivity contribution >= 4 is 17.5 Å². The zero-order valence-electron chi connectivity index (χ0n) is 13.0. The summed E-state index contributed by atoms with van der Waals surface area (Å²) in [5.74, 6) is -0.521. The number of rotatable bonds is 5. The van der Waals surface area contributed by atoms with Crippen LogP contribution in [0.4, 0.5) is 5.69 Å². The molecule has 0 aliphatic carbocycles. The predicted molar refractivity (Wildman–Crippen MR) is 84.7 cm³/mol. The first-order valence-corrected chi connectivity index (χ1v) is 7.51. The number of morpholine rings is 1. The minimum Gasteiger partial charge on any atom is -0.373 e. The van der Waals surface area contributed by atoms with Crippen molar-refractivity contribution in [1.29, 1.82) is 0 Å². The van der Waals surface area contributed by atoms with Gasteiger partial charge in [0.1, 0.15) is 0 Å². The van der Waals surface area contributed by atoms with Gasteiger partial charge in [-0.15, -0.1) is 0 Å². The molecule has 2 rings (SSSR count). The number of anilines is 1. The van der Waals surface area contributed by atoms with E-state index < -0.39 is 5.91 Å². The zero-order chi connectivity index (χ0) is 16.1. The smallest absolute Gasteiger partial charge is 0.248 e. The van der Waals surface area contributed by atoms with Crippen LogP contribution in [0, 0.1) is 0 Å². The number of nitrogens with zero attached hydrogens (tertiary/aromatic N) is 1. The fraction of sp³-hybridized carbons (Fsp3) is 0.500. The molecule has 120 valence electrons. The Morgan fingerprint density at radius 3 is 2.36 bits per heavy atom. The molecule has 0 bridgehead atoms. The van der Waals surface area contributed by atoms with E-state index >= 15 is 0 Å². The highest BCUT2D eigenvalue weighted by atomic mass is 16.5. The summed E-state index contributed by atoms with van der Waals surface area (Å²) in [5, 5.41) is 2.82. The van der Waals surface area contributed by atoms with E-state index in [2.05, 4.69) is 10.2 Å². The van der Waals surface area contributed by atoms with Gasteiger partial charge in [0, 0.05) is 37.3 Å². The van der Waals surface area contributed by atoms with Gasteiger partial charge in [0.2, 0.25) is 11.8 Å². The molecule has 0 saturated carbocycles. The standard InChI is InChI=1S/C16H23N3O3/c1-11-9-19(10-12(2)22-11)8-7-15(20)18-14-5-3-13(4-6-14)16(17)21/h3-6,11-12H,7-10H2,1-2H3,(H2,17,21)(H,18,20)/t11-,12-/m1/s1. The molecule has 1 saturated heterocycles. The first-order chi connectivity index (χ1) is 10.4. The number of nitrogens with one attached hydrogen (secondary N) is 1. The maximum Gasteiger partial charge on any atom is 0.248 e. The molecule has 0 radical (unpaired) electrons. The number of nitrogens with two attached hydrogens (primary N) is 1. The largest absolute Gasteiger partial charge is 0.373 e.